The van der Waals surface area contributed by atoms with Crippen LogP contribution in [0, 0.1) is 12.8 Å². The fraction of sp³-hybridized carbons (Fsp3) is 0.423. The first kappa shape index (κ1) is 19.2. The molecule has 0 atom stereocenters. The Morgan fingerprint density at radius 3 is 2.40 bits per heavy atom. The SMILES string of the molecule is Cc1[nH]c2ccccc2c1C(=O)N[C@H]1CC[C@H](N(CC2CC2)c2ccccc2)CC1. The van der Waals surface area contributed by atoms with Crippen LogP contribution in [0.3, 0.4) is 0 Å². The highest BCUT2D eigenvalue weighted by Crippen LogP contribution is 2.35. The molecule has 4 heteroatoms. The molecule has 4 nitrogen and oxygen atoms in total. The van der Waals surface area contributed by atoms with E-state index in [1.165, 1.54) is 25.1 Å². The molecule has 0 spiro atoms. The molecule has 0 saturated heterocycles. The van der Waals surface area contributed by atoms with Crippen LogP contribution in [0.5, 0.6) is 0 Å². The van der Waals surface area contributed by atoms with Gasteiger partial charge >= 0.3 is 0 Å². The number of amides is 1. The van der Waals surface area contributed by atoms with Crippen molar-refractivity contribution in [1.82, 2.24) is 10.3 Å². The standard InChI is InChI=1S/C26H31N3O/c1-18-25(23-9-5-6-10-24(23)27-18)26(30)28-20-13-15-22(16-14-20)29(17-19-11-12-19)21-7-3-2-4-8-21/h2-10,19-20,22,27H,11-17H2,1H3,(H,28,30)/t20-,22-. The van der Waals surface area contributed by atoms with Gasteiger partial charge in [0.15, 0.2) is 0 Å². The fourth-order valence-electron chi connectivity index (χ4n) is 5.02. The van der Waals surface area contributed by atoms with Crippen LogP contribution in [-0.4, -0.2) is 29.5 Å². The molecule has 0 radical (unpaired) electrons. The van der Waals surface area contributed by atoms with Gasteiger partial charge in [0.2, 0.25) is 0 Å². The highest BCUT2D eigenvalue weighted by atomic mass is 16.1. The Kier molecular flexibility index (Phi) is 5.24. The summed E-state index contributed by atoms with van der Waals surface area (Å²) in [5, 5.41) is 4.34. The minimum absolute atomic E-state index is 0.0614. The van der Waals surface area contributed by atoms with Crippen molar-refractivity contribution in [2.75, 3.05) is 11.4 Å². The van der Waals surface area contributed by atoms with E-state index in [1.807, 2.05) is 31.2 Å². The molecule has 2 aromatic carbocycles. The lowest BCUT2D eigenvalue weighted by Crippen LogP contribution is -2.45. The van der Waals surface area contributed by atoms with Crippen LogP contribution < -0.4 is 10.2 Å². The summed E-state index contributed by atoms with van der Waals surface area (Å²) in [6.07, 6.45) is 7.12. The highest BCUT2D eigenvalue weighted by molar-refractivity contribution is 6.08. The number of nitrogens with zero attached hydrogens (tertiary/aromatic N) is 1. The molecule has 30 heavy (non-hydrogen) atoms. The zero-order chi connectivity index (χ0) is 20.5. The summed E-state index contributed by atoms with van der Waals surface area (Å²) >= 11 is 0. The maximum Gasteiger partial charge on any atom is 0.253 e. The summed E-state index contributed by atoms with van der Waals surface area (Å²) in [4.78, 5) is 19.0. The number of aromatic nitrogens is 1. The second-order valence-electron chi connectivity index (χ2n) is 9.08. The van der Waals surface area contributed by atoms with E-state index in [9.17, 15) is 4.79 Å². The summed E-state index contributed by atoms with van der Waals surface area (Å²) in [5.41, 5.74) is 4.13. The minimum Gasteiger partial charge on any atom is -0.368 e. The molecule has 3 aromatic rings. The molecule has 2 saturated carbocycles. The summed E-state index contributed by atoms with van der Waals surface area (Å²) in [6.45, 7) is 3.17. The van der Waals surface area contributed by atoms with Gasteiger partial charge in [-0.2, -0.15) is 0 Å². The van der Waals surface area contributed by atoms with Gasteiger partial charge in [-0.25, -0.2) is 0 Å². The molecule has 2 aliphatic carbocycles. The Balaban J connectivity index is 1.24. The Hall–Kier alpha value is -2.75. The van der Waals surface area contributed by atoms with Crippen LogP contribution in [0.4, 0.5) is 5.69 Å². The second-order valence-corrected chi connectivity index (χ2v) is 9.08. The summed E-state index contributed by atoms with van der Waals surface area (Å²) in [5.74, 6) is 0.929. The van der Waals surface area contributed by atoms with Gasteiger partial charge in [0.1, 0.15) is 0 Å². The third-order valence-electron chi connectivity index (χ3n) is 6.83. The fourth-order valence-corrected chi connectivity index (χ4v) is 5.02. The van der Waals surface area contributed by atoms with Crippen LogP contribution in [-0.2, 0) is 0 Å². The van der Waals surface area contributed by atoms with Crippen LogP contribution in [0.15, 0.2) is 54.6 Å². The molecule has 156 valence electrons. The third-order valence-corrected chi connectivity index (χ3v) is 6.83. The zero-order valence-corrected chi connectivity index (χ0v) is 17.7. The van der Waals surface area contributed by atoms with E-state index in [1.54, 1.807) is 0 Å². The number of carbonyl (C=O) groups excluding carboxylic acids is 1. The number of nitrogens with one attached hydrogen (secondary N) is 2. The van der Waals surface area contributed by atoms with Gasteiger partial charge in [0.25, 0.3) is 5.91 Å². The van der Waals surface area contributed by atoms with E-state index in [4.69, 9.17) is 0 Å². The van der Waals surface area contributed by atoms with Crippen LogP contribution in [0.2, 0.25) is 0 Å². The number of aryl methyl sites for hydroxylation is 1. The maximum atomic E-state index is 13.1. The molecule has 0 unspecified atom stereocenters. The van der Waals surface area contributed by atoms with E-state index in [0.717, 1.165) is 53.8 Å². The molecular weight excluding hydrogens is 370 g/mol. The number of para-hydroxylation sites is 2. The Morgan fingerprint density at radius 2 is 1.67 bits per heavy atom. The number of benzene rings is 2. The number of hydrogen-bond donors (Lipinski definition) is 2. The van der Waals surface area contributed by atoms with Gasteiger partial charge in [0, 0.05) is 40.9 Å². The van der Waals surface area contributed by atoms with Gasteiger partial charge in [-0.15, -0.1) is 0 Å². The van der Waals surface area contributed by atoms with Crippen molar-refractivity contribution >= 4 is 22.5 Å². The lowest BCUT2D eigenvalue weighted by atomic mass is 9.89. The van der Waals surface area contributed by atoms with Crippen molar-refractivity contribution in [3.05, 3.63) is 65.9 Å². The molecule has 1 heterocycles. The molecular formula is C26H31N3O. The maximum absolute atomic E-state index is 13.1. The van der Waals surface area contributed by atoms with Gasteiger partial charge in [-0.05, 0) is 69.6 Å². The predicted octanol–water partition coefficient (Wildman–Crippen LogP) is 5.43. The minimum atomic E-state index is 0.0614. The van der Waals surface area contributed by atoms with Crippen molar-refractivity contribution in [1.29, 1.82) is 0 Å². The lowest BCUT2D eigenvalue weighted by Gasteiger charge is -2.39. The van der Waals surface area contributed by atoms with E-state index in [-0.39, 0.29) is 11.9 Å². The topological polar surface area (TPSA) is 48.1 Å². The van der Waals surface area contributed by atoms with E-state index in [0.29, 0.717) is 6.04 Å². The monoisotopic (exact) mass is 401 g/mol. The summed E-state index contributed by atoms with van der Waals surface area (Å²) in [7, 11) is 0. The van der Waals surface area contributed by atoms with Crippen molar-refractivity contribution in [3.8, 4) is 0 Å². The van der Waals surface area contributed by atoms with E-state index < -0.39 is 0 Å². The van der Waals surface area contributed by atoms with Crippen molar-refractivity contribution in [2.45, 2.75) is 57.5 Å². The number of H-pyrrole nitrogens is 1. The van der Waals surface area contributed by atoms with Crippen molar-refractivity contribution in [2.24, 2.45) is 5.92 Å². The van der Waals surface area contributed by atoms with Gasteiger partial charge < -0.3 is 15.2 Å². The number of anilines is 1. The average Bonchev–Trinajstić information content (AvgIpc) is 3.53. The first-order valence-electron chi connectivity index (χ1n) is 11.4. The van der Waals surface area contributed by atoms with E-state index >= 15 is 0 Å². The predicted molar refractivity (Wildman–Crippen MR) is 123 cm³/mol. The quantitative estimate of drug-likeness (QED) is 0.578. The van der Waals surface area contributed by atoms with Crippen LogP contribution in [0.25, 0.3) is 10.9 Å². The van der Waals surface area contributed by atoms with Crippen molar-refractivity contribution < 1.29 is 4.79 Å². The second kappa shape index (κ2) is 8.17. The molecule has 1 amide bonds. The van der Waals surface area contributed by atoms with Crippen LogP contribution >= 0.6 is 0 Å². The summed E-state index contributed by atoms with van der Waals surface area (Å²) in [6, 6.07) is 19.8. The first-order chi connectivity index (χ1) is 14.7. The molecule has 2 aliphatic rings. The van der Waals surface area contributed by atoms with Crippen LogP contribution in [0.1, 0.15) is 54.6 Å². The number of carbonyl (C=O) groups is 1. The van der Waals surface area contributed by atoms with Gasteiger partial charge in [-0.3, -0.25) is 4.79 Å². The third kappa shape index (κ3) is 3.96. The molecule has 0 aliphatic heterocycles. The molecule has 2 N–H and O–H groups in total. The van der Waals surface area contributed by atoms with E-state index in [2.05, 4.69) is 45.5 Å². The number of aromatic amines is 1. The van der Waals surface area contributed by atoms with Gasteiger partial charge in [0.05, 0.1) is 5.56 Å². The Labute approximate surface area is 178 Å². The smallest absolute Gasteiger partial charge is 0.253 e. The highest BCUT2D eigenvalue weighted by Gasteiger charge is 2.31. The van der Waals surface area contributed by atoms with Gasteiger partial charge in [-0.1, -0.05) is 36.4 Å². The largest absolute Gasteiger partial charge is 0.368 e. The van der Waals surface area contributed by atoms with Crippen molar-refractivity contribution in [3.63, 3.8) is 0 Å². The normalized spacial score (nSPS) is 21.5. The Morgan fingerprint density at radius 1 is 0.967 bits per heavy atom. The first-order valence-corrected chi connectivity index (χ1v) is 11.4. The summed E-state index contributed by atoms with van der Waals surface area (Å²) < 4.78 is 0. The molecule has 0 bridgehead atoms. The average molecular weight is 402 g/mol. The molecule has 2 fully saturated rings. The Bertz CT molecular complexity index is 1010. The lowest BCUT2D eigenvalue weighted by molar-refractivity contribution is 0.0926. The number of fused-ring (bicyclic) bond motifs is 1. The molecule has 5 rings (SSSR count). The number of rotatable bonds is 6. The zero-order valence-electron chi connectivity index (χ0n) is 17.7. The molecule has 1 aromatic heterocycles. The number of hydrogen-bond acceptors (Lipinski definition) is 2.